The Hall–Kier alpha value is -2.01. The summed E-state index contributed by atoms with van der Waals surface area (Å²) >= 11 is 1.67. The van der Waals surface area contributed by atoms with Gasteiger partial charge >= 0.3 is 0 Å². The molecule has 2 aromatic rings. The van der Waals surface area contributed by atoms with Crippen LogP contribution in [0.5, 0.6) is 11.5 Å². The van der Waals surface area contributed by atoms with Gasteiger partial charge in [0.05, 0.1) is 7.11 Å². The lowest BCUT2D eigenvalue weighted by atomic mass is 10.1. The Morgan fingerprint density at radius 3 is 2.68 bits per heavy atom. The molecule has 1 aliphatic carbocycles. The second-order valence-corrected chi connectivity index (χ2v) is 7.47. The number of carbonyl (C=O) groups is 1. The normalized spacial score (nSPS) is 14.5. The molecule has 0 N–H and O–H groups in total. The first-order chi connectivity index (χ1) is 12.2. The Morgan fingerprint density at radius 2 is 2.04 bits per heavy atom. The van der Waals surface area contributed by atoms with Crippen LogP contribution in [-0.2, 0) is 17.9 Å². The van der Waals surface area contributed by atoms with Crippen molar-refractivity contribution in [1.82, 2.24) is 4.90 Å². The van der Waals surface area contributed by atoms with Gasteiger partial charge in [0.1, 0.15) is 6.61 Å². The standard InChI is InChI=1S/C20H25NO3S/c1-15(22)21(17-6-3-4-7-17)13-16-9-10-19(23-2)20(12-16)24-14-18-8-5-11-25-18/h5,8-12,17H,3-4,6-7,13-14H2,1-2H3. The zero-order valence-electron chi connectivity index (χ0n) is 14.9. The van der Waals surface area contributed by atoms with Crippen LogP contribution < -0.4 is 9.47 Å². The number of thiophene rings is 1. The van der Waals surface area contributed by atoms with Gasteiger partial charge in [-0.1, -0.05) is 25.0 Å². The fourth-order valence-electron chi connectivity index (χ4n) is 3.39. The molecule has 0 spiro atoms. The molecule has 134 valence electrons. The molecule has 0 unspecified atom stereocenters. The summed E-state index contributed by atoms with van der Waals surface area (Å²) in [4.78, 5) is 15.3. The third-order valence-corrected chi connectivity index (χ3v) is 5.55. The van der Waals surface area contributed by atoms with Crippen LogP contribution in [0.4, 0.5) is 0 Å². The van der Waals surface area contributed by atoms with E-state index in [-0.39, 0.29) is 5.91 Å². The largest absolute Gasteiger partial charge is 0.493 e. The third kappa shape index (κ3) is 4.54. The SMILES string of the molecule is COc1ccc(CN(C(C)=O)C2CCCC2)cc1OCc1cccs1. The predicted molar refractivity (Wildman–Crippen MR) is 100 cm³/mol. The first kappa shape index (κ1) is 17.8. The topological polar surface area (TPSA) is 38.8 Å². The van der Waals surface area contributed by atoms with Crippen molar-refractivity contribution in [3.63, 3.8) is 0 Å². The third-order valence-electron chi connectivity index (χ3n) is 4.70. The lowest BCUT2D eigenvalue weighted by Crippen LogP contribution is -2.36. The van der Waals surface area contributed by atoms with E-state index in [1.54, 1.807) is 25.4 Å². The van der Waals surface area contributed by atoms with Crippen LogP contribution in [0.15, 0.2) is 35.7 Å². The Morgan fingerprint density at radius 1 is 1.24 bits per heavy atom. The minimum absolute atomic E-state index is 0.142. The molecule has 1 saturated carbocycles. The highest BCUT2D eigenvalue weighted by Gasteiger charge is 2.24. The van der Waals surface area contributed by atoms with Crippen LogP contribution in [0.3, 0.4) is 0 Å². The molecule has 25 heavy (non-hydrogen) atoms. The maximum absolute atomic E-state index is 12.1. The van der Waals surface area contributed by atoms with Crippen molar-refractivity contribution in [2.24, 2.45) is 0 Å². The maximum atomic E-state index is 12.1. The zero-order valence-corrected chi connectivity index (χ0v) is 15.7. The van der Waals surface area contributed by atoms with E-state index in [9.17, 15) is 4.79 Å². The van der Waals surface area contributed by atoms with E-state index in [0.29, 0.717) is 19.2 Å². The van der Waals surface area contributed by atoms with E-state index in [1.165, 1.54) is 17.7 Å². The van der Waals surface area contributed by atoms with Gasteiger partial charge in [0.25, 0.3) is 0 Å². The summed E-state index contributed by atoms with van der Waals surface area (Å²) in [6.07, 6.45) is 4.65. The molecule has 0 saturated heterocycles. The van der Waals surface area contributed by atoms with E-state index in [2.05, 4.69) is 6.07 Å². The predicted octanol–water partition coefficient (Wildman–Crippen LogP) is 4.63. The highest BCUT2D eigenvalue weighted by molar-refractivity contribution is 7.09. The molecule has 1 amide bonds. The maximum Gasteiger partial charge on any atom is 0.219 e. The van der Waals surface area contributed by atoms with Gasteiger partial charge in [-0.2, -0.15) is 0 Å². The summed E-state index contributed by atoms with van der Waals surface area (Å²) < 4.78 is 11.4. The van der Waals surface area contributed by atoms with E-state index in [4.69, 9.17) is 9.47 Å². The molecule has 0 aliphatic heterocycles. The Bertz CT molecular complexity index is 693. The zero-order chi connectivity index (χ0) is 17.6. The minimum Gasteiger partial charge on any atom is -0.493 e. The monoisotopic (exact) mass is 359 g/mol. The first-order valence-electron chi connectivity index (χ1n) is 8.76. The van der Waals surface area contributed by atoms with Crippen LogP contribution in [0.1, 0.15) is 43.0 Å². The van der Waals surface area contributed by atoms with Crippen LogP contribution in [0.2, 0.25) is 0 Å². The summed E-state index contributed by atoms with van der Waals surface area (Å²) in [7, 11) is 1.65. The number of amides is 1. The summed E-state index contributed by atoms with van der Waals surface area (Å²) in [5.41, 5.74) is 1.07. The van der Waals surface area contributed by atoms with E-state index in [0.717, 1.165) is 29.9 Å². The highest BCUT2D eigenvalue weighted by Crippen LogP contribution is 2.31. The molecule has 1 aliphatic rings. The van der Waals surface area contributed by atoms with Gasteiger partial charge in [-0.25, -0.2) is 0 Å². The van der Waals surface area contributed by atoms with Crippen molar-refractivity contribution in [3.05, 3.63) is 46.2 Å². The summed E-state index contributed by atoms with van der Waals surface area (Å²) in [5, 5.41) is 2.04. The van der Waals surface area contributed by atoms with E-state index >= 15 is 0 Å². The molecule has 5 heteroatoms. The molecule has 1 aromatic carbocycles. The molecule has 0 atom stereocenters. The van der Waals surface area contributed by atoms with Crippen molar-refractivity contribution in [1.29, 1.82) is 0 Å². The van der Waals surface area contributed by atoms with Crippen molar-refractivity contribution < 1.29 is 14.3 Å². The van der Waals surface area contributed by atoms with Gasteiger partial charge in [-0.05, 0) is 42.0 Å². The number of rotatable bonds is 7. The van der Waals surface area contributed by atoms with Gasteiger partial charge in [0, 0.05) is 24.4 Å². The fraction of sp³-hybridized carbons (Fsp3) is 0.450. The number of ether oxygens (including phenoxy) is 2. The second kappa shape index (κ2) is 8.39. The quantitative estimate of drug-likeness (QED) is 0.724. The molecule has 0 bridgehead atoms. The van der Waals surface area contributed by atoms with E-state index < -0.39 is 0 Å². The Labute approximate surface area is 153 Å². The minimum atomic E-state index is 0.142. The highest BCUT2D eigenvalue weighted by atomic mass is 32.1. The molecule has 1 aromatic heterocycles. The van der Waals surface area contributed by atoms with Crippen LogP contribution in [0.25, 0.3) is 0 Å². The van der Waals surface area contributed by atoms with Gasteiger partial charge in [0.2, 0.25) is 5.91 Å². The summed E-state index contributed by atoms with van der Waals surface area (Å²) in [6, 6.07) is 10.4. The molecule has 1 heterocycles. The average Bonchev–Trinajstić information content (AvgIpc) is 3.31. The smallest absolute Gasteiger partial charge is 0.219 e. The Balaban J connectivity index is 1.74. The van der Waals surface area contributed by atoms with Gasteiger partial charge < -0.3 is 14.4 Å². The Kier molecular flexibility index (Phi) is 5.97. The van der Waals surface area contributed by atoms with Gasteiger partial charge in [0.15, 0.2) is 11.5 Å². The number of hydrogen-bond donors (Lipinski definition) is 0. The summed E-state index contributed by atoms with van der Waals surface area (Å²) in [6.45, 7) is 2.81. The molecule has 4 nitrogen and oxygen atoms in total. The molecule has 0 radical (unpaired) electrons. The second-order valence-electron chi connectivity index (χ2n) is 6.44. The lowest BCUT2D eigenvalue weighted by molar-refractivity contribution is -0.131. The fourth-order valence-corrected chi connectivity index (χ4v) is 4.00. The van der Waals surface area contributed by atoms with Crippen molar-refractivity contribution in [3.8, 4) is 11.5 Å². The van der Waals surface area contributed by atoms with Gasteiger partial charge in [-0.3, -0.25) is 4.79 Å². The van der Waals surface area contributed by atoms with Crippen molar-refractivity contribution in [2.45, 2.75) is 51.8 Å². The van der Waals surface area contributed by atoms with Crippen molar-refractivity contribution >= 4 is 17.2 Å². The number of benzene rings is 1. The molecule has 3 rings (SSSR count). The van der Waals surface area contributed by atoms with Crippen LogP contribution >= 0.6 is 11.3 Å². The number of nitrogens with zero attached hydrogens (tertiary/aromatic N) is 1. The molecular weight excluding hydrogens is 334 g/mol. The average molecular weight is 359 g/mol. The molecular formula is C20H25NO3S. The lowest BCUT2D eigenvalue weighted by Gasteiger charge is -2.28. The van der Waals surface area contributed by atoms with Crippen LogP contribution in [0, 0.1) is 0 Å². The number of carbonyl (C=O) groups excluding carboxylic acids is 1. The van der Waals surface area contributed by atoms with Gasteiger partial charge in [-0.15, -0.1) is 11.3 Å². The summed E-state index contributed by atoms with van der Waals surface area (Å²) in [5.74, 6) is 1.59. The number of methoxy groups -OCH3 is 1. The number of hydrogen-bond acceptors (Lipinski definition) is 4. The van der Waals surface area contributed by atoms with E-state index in [1.807, 2.05) is 34.5 Å². The molecule has 1 fully saturated rings. The van der Waals surface area contributed by atoms with Crippen molar-refractivity contribution in [2.75, 3.05) is 7.11 Å². The van der Waals surface area contributed by atoms with Crippen LogP contribution in [-0.4, -0.2) is 24.0 Å². The first-order valence-corrected chi connectivity index (χ1v) is 9.64.